The molecule has 4 heteroatoms. The van der Waals surface area contributed by atoms with E-state index in [4.69, 9.17) is 5.73 Å². The predicted octanol–water partition coefficient (Wildman–Crippen LogP) is 3.26. The lowest BCUT2D eigenvalue weighted by molar-refractivity contribution is 0.132. The van der Waals surface area contributed by atoms with E-state index in [1.807, 2.05) is 0 Å². The van der Waals surface area contributed by atoms with Gasteiger partial charge in [0.2, 0.25) is 0 Å². The van der Waals surface area contributed by atoms with Gasteiger partial charge in [0.25, 0.3) is 0 Å². The molecule has 1 aromatic rings. The van der Waals surface area contributed by atoms with E-state index in [9.17, 15) is 5.11 Å². The third-order valence-corrected chi connectivity index (χ3v) is 4.02. The quantitative estimate of drug-likeness (QED) is 0.847. The van der Waals surface area contributed by atoms with E-state index < -0.39 is 6.10 Å². The lowest BCUT2D eigenvalue weighted by atomic mass is 9.98. The van der Waals surface area contributed by atoms with Gasteiger partial charge in [0, 0.05) is 18.8 Å². The fourth-order valence-electron chi connectivity index (χ4n) is 2.70. The Morgan fingerprint density at radius 2 is 1.80 bits per heavy atom. The third kappa shape index (κ3) is 4.37. The first-order chi connectivity index (χ1) is 9.22. The average Bonchev–Trinajstić information content (AvgIpc) is 2.98. The molecule has 2 atom stereocenters. The molecular formula is C16H27ClN2O. The van der Waals surface area contributed by atoms with Crippen molar-refractivity contribution in [2.75, 3.05) is 18.0 Å². The zero-order valence-corrected chi connectivity index (χ0v) is 13.1. The molecule has 1 aromatic carbocycles. The van der Waals surface area contributed by atoms with Crippen LogP contribution in [0.2, 0.25) is 0 Å². The number of anilines is 1. The van der Waals surface area contributed by atoms with Crippen molar-refractivity contribution in [3.8, 4) is 0 Å². The summed E-state index contributed by atoms with van der Waals surface area (Å²) in [4.78, 5) is 2.41. The minimum absolute atomic E-state index is 0. The molecule has 0 unspecified atom stereocenters. The third-order valence-electron chi connectivity index (χ3n) is 4.02. The van der Waals surface area contributed by atoms with Crippen LogP contribution in [0.15, 0.2) is 24.3 Å². The van der Waals surface area contributed by atoms with E-state index >= 15 is 0 Å². The van der Waals surface area contributed by atoms with Crippen LogP contribution in [-0.4, -0.2) is 24.3 Å². The number of benzene rings is 1. The molecule has 3 nitrogen and oxygen atoms in total. The molecule has 1 aliphatic rings. The van der Waals surface area contributed by atoms with Crippen LogP contribution in [0, 0.1) is 0 Å². The van der Waals surface area contributed by atoms with Crippen molar-refractivity contribution in [1.29, 1.82) is 0 Å². The molecule has 114 valence electrons. The van der Waals surface area contributed by atoms with Gasteiger partial charge in [0.05, 0.1) is 12.1 Å². The van der Waals surface area contributed by atoms with E-state index in [0.717, 1.165) is 37.9 Å². The number of nitrogens with two attached hydrogens (primary N) is 1. The van der Waals surface area contributed by atoms with Crippen LogP contribution in [0.3, 0.4) is 0 Å². The summed E-state index contributed by atoms with van der Waals surface area (Å²) >= 11 is 0. The molecule has 2 rings (SSSR count). The van der Waals surface area contributed by atoms with Gasteiger partial charge >= 0.3 is 0 Å². The van der Waals surface area contributed by atoms with Crippen molar-refractivity contribution in [1.82, 2.24) is 0 Å². The number of aliphatic hydroxyl groups excluding tert-OH is 1. The van der Waals surface area contributed by atoms with E-state index in [0.29, 0.717) is 0 Å². The standard InChI is InChI=1S/C16H26N2O.ClH/c1-2-3-6-15(19)16(17)13-7-9-14(10-8-13)18-11-4-5-12-18;/h7-10,15-16,19H,2-6,11-12,17H2,1H3;1H/t15-,16+;/m0./s1. The van der Waals surface area contributed by atoms with Gasteiger partial charge in [0.15, 0.2) is 0 Å². The topological polar surface area (TPSA) is 49.5 Å². The van der Waals surface area contributed by atoms with Gasteiger partial charge in [-0.15, -0.1) is 12.4 Å². The maximum atomic E-state index is 10.0. The van der Waals surface area contributed by atoms with E-state index in [2.05, 4.69) is 36.1 Å². The first kappa shape index (κ1) is 17.3. The minimum Gasteiger partial charge on any atom is -0.391 e. The molecule has 20 heavy (non-hydrogen) atoms. The summed E-state index contributed by atoms with van der Waals surface area (Å²) in [5, 5.41) is 10.0. The van der Waals surface area contributed by atoms with Crippen LogP contribution in [0.5, 0.6) is 0 Å². The Bertz CT molecular complexity index is 377. The van der Waals surface area contributed by atoms with Gasteiger partial charge in [-0.05, 0) is 37.0 Å². The van der Waals surface area contributed by atoms with Gasteiger partial charge in [-0.3, -0.25) is 0 Å². The van der Waals surface area contributed by atoms with Crippen LogP contribution in [0.1, 0.15) is 50.6 Å². The van der Waals surface area contributed by atoms with Gasteiger partial charge in [-0.1, -0.05) is 31.9 Å². The van der Waals surface area contributed by atoms with Crippen LogP contribution >= 0.6 is 12.4 Å². The molecule has 1 fully saturated rings. The van der Waals surface area contributed by atoms with Gasteiger partial charge in [0.1, 0.15) is 0 Å². The number of hydrogen-bond donors (Lipinski definition) is 2. The van der Waals surface area contributed by atoms with Crippen molar-refractivity contribution in [3.63, 3.8) is 0 Å². The summed E-state index contributed by atoms with van der Waals surface area (Å²) in [6.07, 6.45) is 5.05. The van der Waals surface area contributed by atoms with E-state index in [1.165, 1.54) is 18.5 Å². The second-order valence-electron chi connectivity index (χ2n) is 5.52. The molecule has 0 aliphatic carbocycles. The van der Waals surface area contributed by atoms with Gasteiger partial charge in [-0.25, -0.2) is 0 Å². The average molecular weight is 299 g/mol. The smallest absolute Gasteiger partial charge is 0.0732 e. The Kier molecular flexibility index (Phi) is 7.35. The summed E-state index contributed by atoms with van der Waals surface area (Å²) in [7, 11) is 0. The Labute approximate surface area is 128 Å². The van der Waals surface area contributed by atoms with Crippen LogP contribution in [0.4, 0.5) is 5.69 Å². The number of halogens is 1. The van der Waals surface area contributed by atoms with Crippen LogP contribution in [-0.2, 0) is 0 Å². The van der Waals surface area contributed by atoms with Gasteiger partial charge in [-0.2, -0.15) is 0 Å². The molecule has 0 bridgehead atoms. The summed E-state index contributed by atoms with van der Waals surface area (Å²) in [6.45, 7) is 4.44. The molecule has 0 spiro atoms. The van der Waals surface area contributed by atoms with Crippen LogP contribution < -0.4 is 10.6 Å². The Hall–Kier alpha value is -0.770. The molecule has 0 amide bonds. The number of rotatable bonds is 6. The minimum atomic E-state index is -0.433. The summed E-state index contributed by atoms with van der Waals surface area (Å²) in [6, 6.07) is 8.13. The van der Waals surface area contributed by atoms with Crippen molar-refractivity contribution >= 4 is 18.1 Å². The summed E-state index contributed by atoms with van der Waals surface area (Å²) in [5.74, 6) is 0. The largest absolute Gasteiger partial charge is 0.391 e. The maximum absolute atomic E-state index is 10.0. The Balaban J connectivity index is 0.00000200. The molecule has 1 heterocycles. The number of hydrogen-bond acceptors (Lipinski definition) is 3. The van der Waals surface area contributed by atoms with Crippen molar-refractivity contribution in [2.45, 2.75) is 51.2 Å². The molecule has 3 N–H and O–H groups in total. The van der Waals surface area contributed by atoms with E-state index in [-0.39, 0.29) is 18.4 Å². The number of aliphatic hydroxyl groups is 1. The normalized spacial score (nSPS) is 17.6. The first-order valence-corrected chi connectivity index (χ1v) is 7.51. The SMILES string of the molecule is CCCC[C@H](O)[C@H](N)c1ccc(N2CCCC2)cc1.Cl. The molecule has 0 saturated carbocycles. The van der Waals surface area contributed by atoms with Crippen molar-refractivity contribution in [3.05, 3.63) is 29.8 Å². The number of unbranched alkanes of at least 4 members (excludes halogenated alkanes) is 1. The summed E-state index contributed by atoms with van der Waals surface area (Å²) in [5.41, 5.74) is 8.43. The lowest BCUT2D eigenvalue weighted by Gasteiger charge is -2.21. The maximum Gasteiger partial charge on any atom is 0.0732 e. The zero-order chi connectivity index (χ0) is 13.7. The van der Waals surface area contributed by atoms with Crippen molar-refractivity contribution < 1.29 is 5.11 Å². The highest BCUT2D eigenvalue weighted by Gasteiger charge is 2.17. The highest BCUT2D eigenvalue weighted by atomic mass is 35.5. The molecule has 0 aromatic heterocycles. The molecular weight excluding hydrogens is 272 g/mol. The lowest BCUT2D eigenvalue weighted by Crippen LogP contribution is -2.26. The fourth-order valence-corrected chi connectivity index (χ4v) is 2.70. The Morgan fingerprint density at radius 3 is 2.35 bits per heavy atom. The number of nitrogens with zero attached hydrogens (tertiary/aromatic N) is 1. The fraction of sp³-hybridized carbons (Fsp3) is 0.625. The van der Waals surface area contributed by atoms with Crippen molar-refractivity contribution in [2.24, 2.45) is 5.73 Å². The highest BCUT2D eigenvalue weighted by Crippen LogP contribution is 2.24. The molecule has 0 radical (unpaired) electrons. The van der Waals surface area contributed by atoms with E-state index in [1.54, 1.807) is 0 Å². The summed E-state index contributed by atoms with van der Waals surface area (Å²) < 4.78 is 0. The first-order valence-electron chi connectivity index (χ1n) is 7.51. The monoisotopic (exact) mass is 298 g/mol. The predicted molar refractivity (Wildman–Crippen MR) is 87.6 cm³/mol. The second-order valence-corrected chi connectivity index (χ2v) is 5.52. The zero-order valence-electron chi connectivity index (χ0n) is 12.3. The Morgan fingerprint density at radius 1 is 1.20 bits per heavy atom. The highest BCUT2D eigenvalue weighted by molar-refractivity contribution is 5.85. The second kappa shape index (κ2) is 8.50. The molecule has 1 aliphatic heterocycles. The van der Waals surface area contributed by atoms with Crippen LogP contribution in [0.25, 0.3) is 0 Å². The van der Waals surface area contributed by atoms with Gasteiger partial charge < -0.3 is 15.7 Å². The molecule has 1 saturated heterocycles.